The molecule has 5 nitrogen and oxygen atoms in total. The van der Waals surface area contributed by atoms with Gasteiger partial charge in [0.25, 0.3) is 0 Å². The zero-order valence-corrected chi connectivity index (χ0v) is 14.1. The molecule has 0 atom stereocenters. The minimum atomic E-state index is -3.56. The molecule has 1 aliphatic heterocycles. The monoisotopic (exact) mass is 357 g/mol. The van der Waals surface area contributed by atoms with E-state index in [1.807, 2.05) is 0 Å². The maximum atomic E-state index is 13.0. The van der Waals surface area contributed by atoms with Gasteiger partial charge in [0.2, 0.25) is 10.0 Å². The number of H-pyrrole nitrogens is 1. The number of aromatic amines is 1. The van der Waals surface area contributed by atoms with Gasteiger partial charge in [0.1, 0.15) is 5.82 Å². The summed E-state index contributed by atoms with van der Waals surface area (Å²) >= 11 is 0. The van der Waals surface area contributed by atoms with E-state index in [0.29, 0.717) is 19.5 Å². The highest BCUT2D eigenvalue weighted by atomic mass is 32.2. The van der Waals surface area contributed by atoms with Crippen molar-refractivity contribution >= 4 is 10.0 Å². The van der Waals surface area contributed by atoms with Crippen LogP contribution < -0.4 is 0 Å². The number of nitrogens with one attached hydrogen (secondary N) is 1. The lowest BCUT2D eigenvalue weighted by Crippen LogP contribution is -2.36. The summed E-state index contributed by atoms with van der Waals surface area (Å²) in [5.41, 5.74) is 3.45. The van der Waals surface area contributed by atoms with Gasteiger partial charge in [-0.15, -0.1) is 0 Å². The number of sulfonamides is 1. The van der Waals surface area contributed by atoms with Crippen LogP contribution in [0.1, 0.15) is 11.4 Å². The highest BCUT2D eigenvalue weighted by Gasteiger charge is 2.29. The van der Waals surface area contributed by atoms with Crippen molar-refractivity contribution in [3.63, 3.8) is 0 Å². The molecular weight excluding hydrogens is 341 g/mol. The Morgan fingerprint density at radius 3 is 2.32 bits per heavy atom. The van der Waals surface area contributed by atoms with Gasteiger partial charge in [-0.2, -0.15) is 4.31 Å². The van der Waals surface area contributed by atoms with Gasteiger partial charge in [-0.25, -0.2) is 17.8 Å². The molecule has 1 aliphatic rings. The van der Waals surface area contributed by atoms with E-state index < -0.39 is 10.0 Å². The highest BCUT2D eigenvalue weighted by Crippen LogP contribution is 2.26. The van der Waals surface area contributed by atoms with Crippen LogP contribution >= 0.6 is 0 Å². The fourth-order valence-electron chi connectivity index (χ4n) is 3.00. The number of imidazole rings is 1. The summed E-state index contributed by atoms with van der Waals surface area (Å²) in [4.78, 5) is 7.44. The van der Waals surface area contributed by atoms with Crippen molar-refractivity contribution in [2.24, 2.45) is 0 Å². The summed E-state index contributed by atoms with van der Waals surface area (Å²) in [6.07, 6.45) is 2.20. The Morgan fingerprint density at radius 1 is 1.00 bits per heavy atom. The molecular formula is C18H16FN3O2S. The number of nitrogens with zero attached hydrogens (tertiary/aromatic N) is 2. The first-order valence-electron chi connectivity index (χ1n) is 7.91. The van der Waals surface area contributed by atoms with Gasteiger partial charge in [-0.3, -0.25) is 0 Å². The predicted octanol–water partition coefficient (Wildman–Crippen LogP) is 2.96. The van der Waals surface area contributed by atoms with E-state index in [0.717, 1.165) is 22.5 Å². The number of fused-ring (bicyclic) bond motifs is 1. The lowest BCUT2D eigenvalue weighted by Gasteiger charge is -2.25. The fourth-order valence-corrected chi connectivity index (χ4v) is 4.41. The average molecular weight is 357 g/mol. The molecule has 0 amide bonds. The number of rotatable bonds is 3. The molecule has 7 heteroatoms. The summed E-state index contributed by atoms with van der Waals surface area (Å²) in [5, 5.41) is 0. The van der Waals surface area contributed by atoms with E-state index in [1.165, 1.54) is 16.4 Å². The molecule has 0 saturated carbocycles. The van der Waals surface area contributed by atoms with E-state index in [-0.39, 0.29) is 10.7 Å². The van der Waals surface area contributed by atoms with E-state index in [2.05, 4.69) is 9.97 Å². The van der Waals surface area contributed by atoms with Crippen molar-refractivity contribution in [1.29, 1.82) is 0 Å². The predicted molar refractivity (Wildman–Crippen MR) is 91.7 cm³/mol. The Morgan fingerprint density at radius 2 is 1.64 bits per heavy atom. The van der Waals surface area contributed by atoms with E-state index in [1.54, 1.807) is 42.7 Å². The quantitative estimate of drug-likeness (QED) is 0.784. The zero-order valence-electron chi connectivity index (χ0n) is 13.3. The van der Waals surface area contributed by atoms with Crippen molar-refractivity contribution in [3.8, 4) is 11.1 Å². The third kappa shape index (κ3) is 2.96. The summed E-state index contributed by atoms with van der Waals surface area (Å²) < 4.78 is 40.2. The minimum absolute atomic E-state index is 0.251. The third-order valence-electron chi connectivity index (χ3n) is 4.41. The summed E-state index contributed by atoms with van der Waals surface area (Å²) in [5.74, 6) is -0.300. The summed E-state index contributed by atoms with van der Waals surface area (Å²) in [6.45, 7) is 0.720. The molecule has 0 unspecified atom stereocenters. The van der Waals surface area contributed by atoms with Crippen LogP contribution in [-0.2, 0) is 23.0 Å². The molecule has 0 aliphatic carbocycles. The van der Waals surface area contributed by atoms with E-state index >= 15 is 0 Å². The molecule has 2 aromatic carbocycles. The SMILES string of the molecule is O=S(=O)(c1ccc(-c2ccc(F)cc2)cc1)N1CCc2nc[nH]c2C1. The first kappa shape index (κ1) is 16.0. The van der Waals surface area contributed by atoms with Gasteiger partial charge in [0, 0.05) is 13.0 Å². The smallest absolute Gasteiger partial charge is 0.243 e. The normalized spacial score (nSPS) is 15.1. The molecule has 0 radical (unpaired) electrons. The number of hydrogen-bond acceptors (Lipinski definition) is 3. The Kier molecular flexibility index (Phi) is 3.89. The van der Waals surface area contributed by atoms with Crippen LogP contribution in [0.2, 0.25) is 0 Å². The van der Waals surface area contributed by atoms with Crippen molar-refractivity contribution in [2.45, 2.75) is 17.9 Å². The Labute approximate surface area is 145 Å². The molecule has 128 valence electrons. The molecule has 3 aromatic rings. The van der Waals surface area contributed by atoms with Gasteiger partial charge < -0.3 is 4.98 Å². The summed E-state index contributed by atoms with van der Waals surface area (Å²) in [6, 6.07) is 12.8. The van der Waals surface area contributed by atoms with Crippen molar-refractivity contribution in [3.05, 3.63) is 72.1 Å². The molecule has 4 rings (SSSR count). The molecule has 0 fully saturated rings. The molecule has 1 aromatic heterocycles. The highest BCUT2D eigenvalue weighted by molar-refractivity contribution is 7.89. The van der Waals surface area contributed by atoms with Crippen LogP contribution in [-0.4, -0.2) is 29.2 Å². The van der Waals surface area contributed by atoms with Crippen LogP contribution in [0.3, 0.4) is 0 Å². The second kappa shape index (κ2) is 6.09. The summed E-state index contributed by atoms with van der Waals surface area (Å²) in [7, 11) is -3.56. The zero-order chi connectivity index (χ0) is 17.4. The molecule has 1 N–H and O–H groups in total. The molecule has 2 heterocycles. The second-order valence-corrected chi connectivity index (χ2v) is 7.89. The van der Waals surface area contributed by atoms with Gasteiger partial charge >= 0.3 is 0 Å². The van der Waals surface area contributed by atoms with Crippen LogP contribution in [0.5, 0.6) is 0 Å². The standard InChI is InChI=1S/C18H16FN3O2S/c19-15-5-1-13(2-6-15)14-3-7-16(8-4-14)25(23,24)22-10-9-17-18(11-22)21-12-20-17/h1-8,12H,9-11H2,(H,20,21). The maximum absolute atomic E-state index is 13.0. The Bertz CT molecular complexity index is 996. The minimum Gasteiger partial charge on any atom is -0.347 e. The van der Waals surface area contributed by atoms with E-state index in [9.17, 15) is 12.8 Å². The first-order chi connectivity index (χ1) is 12.0. The van der Waals surface area contributed by atoms with Crippen LogP contribution in [0.15, 0.2) is 59.8 Å². The Hall–Kier alpha value is -2.51. The molecule has 25 heavy (non-hydrogen) atoms. The van der Waals surface area contributed by atoms with Gasteiger partial charge in [-0.05, 0) is 35.4 Å². The first-order valence-corrected chi connectivity index (χ1v) is 9.35. The maximum Gasteiger partial charge on any atom is 0.243 e. The molecule has 0 spiro atoms. The van der Waals surface area contributed by atoms with E-state index in [4.69, 9.17) is 0 Å². The number of benzene rings is 2. The molecule has 0 saturated heterocycles. The van der Waals surface area contributed by atoms with Gasteiger partial charge in [-0.1, -0.05) is 24.3 Å². The van der Waals surface area contributed by atoms with Gasteiger partial charge in [0.15, 0.2) is 0 Å². The lowest BCUT2D eigenvalue weighted by molar-refractivity contribution is 0.385. The van der Waals surface area contributed by atoms with Crippen molar-refractivity contribution in [1.82, 2.24) is 14.3 Å². The lowest BCUT2D eigenvalue weighted by atomic mass is 10.1. The molecule has 0 bridgehead atoms. The second-order valence-electron chi connectivity index (χ2n) is 5.95. The van der Waals surface area contributed by atoms with Crippen LogP contribution in [0.25, 0.3) is 11.1 Å². The average Bonchev–Trinajstić information content (AvgIpc) is 3.10. The van der Waals surface area contributed by atoms with Gasteiger partial charge in [0.05, 0.1) is 29.2 Å². The number of halogens is 1. The number of aromatic nitrogens is 2. The third-order valence-corrected chi connectivity index (χ3v) is 6.27. The van der Waals surface area contributed by atoms with Crippen molar-refractivity contribution < 1.29 is 12.8 Å². The van der Waals surface area contributed by atoms with Crippen molar-refractivity contribution in [2.75, 3.05) is 6.54 Å². The Balaban J connectivity index is 1.60. The number of hydrogen-bond donors (Lipinski definition) is 1. The topological polar surface area (TPSA) is 66.1 Å². The van der Waals surface area contributed by atoms with Crippen LogP contribution in [0, 0.1) is 5.82 Å². The largest absolute Gasteiger partial charge is 0.347 e. The van der Waals surface area contributed by atoms with Crippen LogP contribution in [0.4, 0.5) is 4.39 Å². The fraction of sp³-hybridized carbons (Fsp3) is 0.167.